The van der Waals surface area contributed by atoms with Gasteiger partial charge in [-0.1, -0.05) is 31.1 Å². The van der Waals surface area contributed by atoms with E-state index in [1.54, 1.807) is 0 Å². The van der Waals surface area contributed by atoms with Gasteiger partial charge in [0.25, 0.3) is 0 Å². The van der Waals surface area contributed by atoms with Gasteiger partial charge in [-0.2, -0.15) is 0 Å². The van der Waals surface area contributed by atoms with Gasteiger partial charge in [0.2, 0.25) is 10.0 Å². The lowest BCUT2D eigenvalue weighted by Gasteiger charge is -2.38. The van der Waals surface area contributed by atoms with Crippen LogP contribution in [0.15, 0.2) is 10.4 Å². The highest BCUT2D eigenvalue weighted by Crippen LogP contribution is 2.36. The first-order valence-corrected chi connectivity index (χ1v) is 8.58. The van der Waals surface area contributed by atoms with E-state index in [9.17, 15) is 13.5 Å². The maximum atomic E-state index is 11.1. The standard InChI is InChI=1S/C11H19N3O3S2/c1-11(5-3-2-4-8(11)15)7-14-10-13-6-9(18-10)19(12,16)17/h6,8,15H,2-5,7H2,1H3,(H,13,14)(H2,12,16,17). The number of nitrogens with one attached hydrogen (secondary N) is 1. The van der Waals surface area contributed by atoms with Crippen LogP contribution in [0.5, 0.6) is 0 Å². The van der Waals surface area contributed by atoms with Crippen molar-refractivity contribution in [2.75, 3.05) is 11.9 Å². The zero-order valence-corrected chi connectivity index (χ0v) is 12.4. The predicted octanol–water partition coefficient (Wildman–Crippen LogP) is 1.14. The number of primary sulfonamides is 1. The number of thiazole rings is 1. The Bertz CT molecular complexity index is 543. The first kappa shape index (κ1) is 14.7. The van der Waals surface area contributed by atoms with Crippen molar-refractivity contribution in [2.45, 2.75) is 42.9 Å². The largest absolute Gasteiger partial charge is 0.392 e. The summed E-state index contributed by atoms with van der Waals surface area (Å²) >= 11 is 1.01. The average molecular weight is 305 g/mol. The summed E-state index contributed by atoms with van der Waals surface area (Å²) in [6.07, 6.45) is 4.86. The van der Waals surface area contributed by atoms with E-state index < -0.39 is 10.0 Å². The lowest BCUT2D eigenvalue weighted by atomic mass is 9.73. The molecule has 1 aliphatic rings. The number of aliphatic hydroxyl groups excluding tert-OH is 1. The minimum atomic E-state index is -3.68. The molecule has 108 valence electrons. The summed E-state index contributed by atoms with van der Waals surface area (Å²) in [5.74, 6) is 0. The summed E-state index contributed by atoms with van der Waals surface area (Å²) in [5.41, 5.74) is -0.189. The molecule has 6 nitrogen and oxygen atoms in total. The Kier molecular flexibility index (Phi) is 4.14. The third-order valence-corrected chi connectivity index (χ3v) is 6.05. The molecule has 0 radical (unpaired) electrons. The van der Waals surface area contributed by atoms with Gasteiger partial charge in [0, 0.05) is 12.0 Å². The maximum absolute atomic E-state index is 11.1. The summed E-state index contributed by atoms with van der Waals surface area (Å²) in [6, 6.07) is 0. The molecule has 4 N–H and O–H groups in total. The molecule has 0 saturated heterocycles. The molecule has 1 aromatic rings. The zero-order valence-electron chi connectivity index (χ0n) is 10.8. The van der Waals surface area contributed by atoms with E-state index in [0.29, 0.717) is 11.7 Å². The van der Waals surface area contributed by atoms with Crippen molar-refractivity contribution in [1.29, 1.82) is 0 Å². The van der Waals surface area contributed by atoms with E-state index in [-0.39, 0.29) is 15.7 Å². The van der Waals surface area contributed by atoms with Crippen LogP contribution in [0.3, 0.4) is 0 Å². The van der Waals surface area contributed by atoms with E-state index in [1.807, 2.05) is 6.92 Å². The van der Waals surface area contributed by atoms with Gasteiger partial charge in [0.15, 0.2) is 9.34 Å². The van der Waals surface area contributed by atoms with Gasteiger partial charge in [-0.15, -0.1) is 0 Å². The number of hydrogen-bond acceptors (Lipinski definition) is 6. The summed E-state index contributed by atoms with van der Waals surface area (Å²) in [4.78, 5) is 3.99. The second kappa shape index (κ2) is 5.35. The number of hydrogen-bond donors (Lipinski definition) is 3. The summed E-state index contributed by atoms with van der Waals surface area (Å²) in [7, 11) is -3.68. The lowest BCUT2D eigenvalue weighted by molar-refractivity contribution is 0.00963. The van der Waals surface area contributed by atoms with Crippen LogP contribution in [0.2, 0.25) is 0 Å². The van der Waals surface area contributed by atoms with Gasteiger partial charge in [0.1, 0.15) is 0 Å². The molecule has 0 amide bonds. The van der Waals surface area contributed by atoms with Crippen molar-refractivity contribution in [2.24, 2.45) is 10.6 Å². The fourth-order valence-corrected chi connectivity index (χ4v) is 3.78. The molecular weight excluding hydrogens is 286 g/mol. The van der Waals surface area contributed by atoms with Gasteiger partial charge in [-0.05, 0) is 12.8 Å². The Morgan fingerprint density at radius 2 is 2.37 bits per heavy atom. The number of sulfonamides is 1. The normalized spacial score (nSPS) is 28.3. The number of rotatable bonds is 4. The third-order valence-electron chi connectivity index (χ3n) is 3.69. The van der Waals surface area contributed by atoms with Crippen LogP contribution in [0, 0.1) is 5.41 Å². The third kappa shape index (κ3) is 3.44. The first-order chi connectivity index (χ1) is 8.81. The zero-order chi connectivity index (χ0) is 14.1. The maximum Gasteiger partial charge on any atom is 0.249 e. The van der Waals surface area contributed by atoms with Crippen molar-refractivity contribution >= 4 is 26.5 Å². The van der Waals surface area contributed by atoms with Crippen LogP contribution >= 0.6 is 11.3 Å². The van der Waals surface area contributed by atoms with Crippen LogP contribution in [0.4, 0.5) is 5.13 Å². The number of aliphatic hydroxyl groups is 1. The van der Waals surface area contributed by atoms with E-state index in [0.717, 1.165) is 37.0 Å². The van der Waals surface area contributed by atoms with Crippen LogP contribution in [-0.2, 0) is 10.0 Å². The average Bonchev–Trinajstić information content (AvgIpc) is 2.79. The summed E-state index contributed by atoms with van der Waals surface area (Å²) in [5, 5.41) is 18.7. The minimum absolute atomic E-state index is 0.0457. The monoisotopic (exact) mass is 305 g/mol. The lowest BCUT2D eigenvalue weighted by Crippen LogP contribution is -2.41. The van der Waals surface area contributed by atoms with Crippen molar-refractivity contribution in [3.63, 3.8) is 0 Å². The molecule has 0 aliphatic heterocycles. The Labute approximate surface area is 117 Å². The molecule has 1 heterocycles. The molecule has 2 rings (SSSR count). The molecule has 2 atom stereocenters. The van der Waals surface area contributed by atoms with E-state index in [4.69, 9.17) is 5.14 Å². The highest BCUT2D eigenvalue weighted by atomic mass is 32.2. The van der Waals surface area contributed by atoms with E-state index in [1.165, 1.54) is 6.20 Å². The second-order valence-electron chi connectivity index (χ2n) is 5.30. The van der Waals surface area contributed by atoms with Crippen LogP contribution in [0.1, 0.15) is 32.6 Å². The SMILES string of the molecule is CC1(CNc2ncc(S(N)(=O)=O)s2)CCCCC1O. The van der Waals surface area contributed by atoms with Crippen molar-refractivity contribution < 1.29 is 13.5 Å². The molecule has 0 bridgehead atoms. The first-order valence-electron chi connectivity index (χ1n) is 6.22. The quantitative estimate of drug-likeness (QED) is 0.773. The fourth-order valence-electron chi connectivity index (χ4n) is 2.34. The molecule has 1 aromatic heterocycles. The van der Waals surface area contributed by atoms with Gasteiger partial charge >= 0.3 is 0 Å². The molecule has 1 aliphatic carbocycles. The van der Waals surface area contributed by atoms with Crippen molar-refractivity contribution in [1.82, 2.24) is 4.98 Å². The van der Waals surface area contributed by atoms with Gasteiger partial charge in [-0.25, -0.2) is 18.5 Å². The number of nitrogens with zero attached hydrogens (tertiary/aromatic N) is 1. The molecule has 8 heteroatoms. The van der Waals surface area contributed by atoms with E-state index in [2.05, 4.69) is 10.3 Å². The smallest absolute Gasteiger partial charge is 0.249 e. The number of anilines is 1. The van der Waals surface area contributed by atoms with Gasteiger partial charge in [-0.3, -0.25) is 0 Å². The molecule has 0 spiro atoms. The van der Waals surface area contributed by atoms with Crippen LogP contribution in [-0.4, -0.2) is 31.2 Å². The van der Waals surface area contributed by atoms with Gasteiger partial charge < -0.3 is 10.4 Å². The molecule has 1 saturated carbocycles. The molecule has 1 fully saturated rings. The Balaban J connectivity index is 2.00. The number of aromatic nitrogens is 1. The fraction of sp³-hybridized carbons (Fsp3) is 0.727. The van der Waals surface area contributed by atoms with Crippen molar-refractivity contribution in [3.8, 4) is 0 Å². The van der Waals surface area contributed by atoms with Gasteiger partial charge in [0.05, 0.1) is 12.3 Å². The molecular formula is C11H19N3O3S2. The Morgan fingerprint density at radius 3 is 2.95 bits per heavy atom. The van der Waals surface area contributed by atoms with Crippen LogP contribution < -0.4 is 10.5 Å². The Morgan fingerprint density at radius 1 is 1.63 bits per heavy atom. The van der Waals surface area contributed by atoms with Crippen LogP contribution in [0.25, 0.3) is 0 Å². The molecule has 2 unspecified atom stereocenters. The second-order valence-corrected chi connectivity index (χ2v) is 8.12. The molecule has 0 aromatic carbocycles. The Hall–Kier alpha value is -0.700. The minimum Gasteiger partial charge on any atom is -0.392 e. The highest BCUT2D eigenvalue weighted by molar-refractivity contribution is 7.91. The van der Waals surface area contributed by atoms with E-state index >= 15 is 0 Å². The molecule has 19 heavy (non-hydrogen) atoms. The predicted molar refractivity (Wildman–Crippen MR) is 74.6 cm³/mol. The summed E-state index contributed by atoms with van der Waals surface area (Å²) in [6.45, 7) is 2.61. The highest BCUT2D eigenvalue weighted by Gasteiger charge is 2.35. The number of nitrogens with two attached hydrogens (primary N) is 1. The topological polar surface area (TPSA) is 105 Å². The van der Waals surface area contributed by atoms with Crippen molar-refractivity contribution in [3.05, 3.63) is 6.20 Å². The summed E-state index contributed by atoms with van der Waals surface area (Å²) < 4.78 is 22.3.